The van der Waals surface area contributed by atoms with Gasteiger partial charge in [0.1, 0.15) is 5.75 Å². The first-order valence-electron chi connectivity index (χ1n) is 15.2. The predicted octanol–water partition coefficient (Wildman–Crippen LogP) is 5.51. The van der Waals surface area contributed by atoms with Crippen LogP contribution in [0.1, 0.15) is 95.1 Å². The zero-order chi connectivity index (χ0) is 25.5. The van der Waals surface area contributed by atoms with Gasteiger partial charge in [0.2, 0.25) is 0 Å². The summed E-state index contributed by atoms with van der Waals surface area (Å²) in [4.78, 5) is 0. The van der Waals surface area contributed by atoms with Gasteiger partial charge in [0.25, 0.3) is 0 Å². The van der Waals surface area contributed by atoms with Gasteiger partial charge < -0.3 is 20.7 Å². The number of benzene rings is 1. The molecule has 8 atom stereocenters. The Morgan fingerprint density at radius 2 is 1.92 bits per heavy atom. The summed E-state index contributed by atoms with van der Waals surface area (Å²) in [6.07, 6.45) is 16.1. The van der Waals surface area contributed by atoms with Crippen LogP contribution in [0.2, 0.25) is 0 Å². The molecular weight excluding hydrogens is 458 g/mol. The normalized spacial score (nSPS) is 45.3. The van der Waals surface area contributed by atoms with E-state index in [0.717, 1.165) is 19.3 Å². The zero-order valence-corrected chi connectivity index (χ0v) is 22.6. The van der Waals surface area contributed by atoms with E-state index < -0.39 is 5.54 Å². The molecule has 37 heavy (non-hydrogen) atoms. The van der Waals surface area contributed by atoms with Crippen LogP contribution in [0.15, 0.2) is 18.2 Å². The Morgan fingerprint density at radius 3 is 2.70 bits per heavy atom. The van der Waals surface area contributed by atoms with Crippen molar-refractivity contribution < 1.29 is 14.9 Å². The van der Waals surface area contributed by atoms with Gasteiger partial charge in [-0.15, -0.1) is 0 Å². The van der Waals surface area contributed by atoms with E-state index in [1.165, 1.54) is 68.9 Å². The minimum absolute atomic E-state index is 0.0550. The highest BCUT2D eigenvalue weighted by Crippen LogP contribution is 2.69. The number of phenolic OH excluding ortho intramolecular Hbond substituents is 1. The topological polar surface area (TPSA) is 75.7 Å². The number of ether oxygens (including phenoxy) is 1. The largest absolute Gasteiger partial charge is 0.508 e. The number of fused-ring (bicyclic) bond motifs is 3. The number of nitrogens with two attached hydrogens (primary N) is 1. The highest BCUT2D eigenvalue weighted by molar-refractivity contribution is 5.39. The highest BCUT2D eigenvalue weighted by atomic mass is 16.5. The number of aromatic hydroxyl groups is 1. The van der Waals surface area contributed by atoms with E-state index in [0.29, 0.717) is 41.8 Å². The number of hydrogen-bond donors (Lipinski definition) is 3. The first-order valence-corrected chi connectivity index (χ1v) is 15.2. The Bertz CT molecular complexity index is 1130. The summed E-state index contributed by atoms with van der Waals surface area (Å²) in [6.45, 7) is 2.46. The lowest BCUT2D eigenvalue weighted by Crippen LogP contribution is -2.81. The van der Waals surface area contributed by atoms with Crippen molar-refractivity contribution in [3.63, 3.8) is 0 Å². The molecule has 1 aromatic carbocycles. The maximum Gasteiger partial charge on any atom is 0.115 e. The fraction of sp³-hybridized carbons (Fsp3) is 0.758. The molecule has 2 heterocycles. The van der Waals surface area contributed by atoms with Crippen molar-refractivity contribution in [1.82, 2.24) is 0 Å². The molecule has 2 aliphatic heterocycles. The minimum atomic E-state index is -0.524. The molecule has 5 aliphatic carbocycles. The van der Waals surface area contributed by atoms with Crippen LogP contribution in [0.5, 0.6) is 5.75 Å². The molecule has 4 N–H and O–H groups in total. The molecule has 0 amide bonds. The van der Waals surface area contributed by atoms with Gasteiger partial charge >= 0.3 is 0 Å². The van der Waals surface area contributed by atoms with Crippen molar-refractivity contribution in [2.24, 2.45) is 40.7 Å². The minimum Gasteiger partial charge on any atom is -0.508 e. The lowest BCUT2D eigenvalue weighted by atomic mass is 9.42. The summed E-state index contributed by atoms with van der Waals surface area (Å²) in [5.41, 5.74) is 9.47. The van der Waals surface area contributed by atoms with Gasteiger partial charge in [-0.3, -0.25) is 0 Å². The first kappa shape index (κ1) is 24.5. The number of hydrogen-bond acceptors (Lipinski definition) is 4. The maximum absolute atomic E-state index is 10.3. The van der Waals surface area contributed by atoms with Gasteiger partial charge in [-0.1, -0.05) is 37.2 Å². The molecule has 8 rings (SSSR count). The second kappa shape index (κ2) is 8.48. The van der Waals surface area contributed by atoms with Crippen molar-refractivity contribution in [2.75, 3.05) is 6.61 Å². The molecule has 0 aromatic heterocycles. The lowest BCUT2D eigenvalue weighted by molar-refractivity contribution is -0.343. The van der Waals surface area contributed by atoms with E-state index in [-0.39, 0.29) is 29.6 Å². The van der Waals surface area contributed by atoms with Gasteiger partial charge in [-0.25, -0.2) is 0 Å². The molecule has 4 heteroatoms. The third-order valence-electron chi connectivity index (χ3n) is 12.1. The molecular formula is C33H45NO3. The van der Waals surface area contributed by atoms with Crippen LogP contribution in [-0.2, 0) is 17.6 Å². The van der Waals surface area contributed by atoms with Crippen molar-refractivity contribution in [1.29, 1.82) is 0 Å². The van der Waals surface area contributed by atoms with Gasteiger partial charge in [0, 0.05) is 24.5 Å². The number of phenols is 1. The first-order chi connectivity index (χ1) is 17.8. The fourth-order valence-electron chi connectivity index (χ4n) is 11.2. The van der Waals surface area contributed by atoms with Gasteiger partial charge in [-0.05, 0) is 118 Å². The van der Waals surface area contributed by atoms with Crippen LogP contribution < -0.4 is 5.73 Å². The number of aliphatic hydroxyl groups is 1. The average Bonchev–Trinajstić information content (AvgIpc) is 3.27. The van der Waals surface area contributed by atoms with E-state index in [2.05, 4.69) is 24.8 Å². The Kier molecular flexibility index (Phi) is 5.61. The molecule has 7 aliphatic rings. The molecule has 8 unspecified atom stereocenters. The highest BCUT2D eigenvalue weighted by Gasteiger charge is 2.73. The monoisotopic (exact) mass is 503 g/mol. The summed E-state index contributed by atoms with van der Waals surface area (Å²) in [5.74, 6) is 9.53. The quantitative estimate of drug-likeness (QED) is 0.465. The average molecular weight is 504 g/mol. The summed E-state index contributed by atoms with van der Waals surface area (Å²) in [5, 5.41) is 20.6. The van der Waals surface area contributed by atoms with Crippen molar-refractivity contribution >= 4 is 0 Å². The Hall–Kier alpha value is -1.54. The summed E-state index contributed by atoms with van der Waals surface area (Å²) >= 11 is 0. The van der Waals surface area contributed by atoms with Crippen LogP contribution in [0, 0.1) is 46.8 Å². The molecule has 6 bridgehead atoms. The van der Waals surface area contributed by atoms with E-state index >= 15 is 0 Å². The van der Waals surface area contributed by atoms with Crippen molar-refractivity contribution in [3.05, 3.63) is 29.3 Å². The Labute approximate surface area is 222 Å². The SMILES string of the molecule is CC12CCCC3CC4(O1)C1CC(Cc5ccc(O)cc5CC#CC4C(N)(CCO)C32)CC2(CCCC2)C1. The molecule has 6 fully saturated rings. The molecule has 200 valence electrons. The summed E-state index contributed by atoms with van der Waals surface area (Å²) in [6, 6.07) is 5.93. The maximum atomic E-state index is 10.3. The lowest BCUT2D eigenvalue weighted by Gasteiger charge is -2.73. The smallest absolute Gasteiger partial charge is 0.115 e. The van der Waals surface area contributed by atoms with E-state index in [1.54, 1.807) is 0 Å². The molecule has 4 saturated carbocycles. The van der Waals surface area contributed by atoms with Crippen LogP contribution in [0.3, 0.4) is 0 Å². The van der Waals surface area contributed by atoms with Gasteiger partial charge in [0.05, 0.1) is 17.1 Å². The summed E-state index contributed by atoms with van der Waals surface area (Å²) in [7, 11) is 0. The van der Waals surface area contributed by atoms with Gasteiger partial charge in [0.15, 0.2) is 0 Å². The summed E-state index contributed by atoms with van der Waals surface area (Å²) < 4.78 is 7.53. The zero-order valence-electron chi connectivity index (χ0n) is 22.6. The number of aliphatic hydroxyl groups excluding tert-OH is 1. The van der Waals surface area contributed by atoms with Crippen LogP contribution in [-0.4, -0.2) is 33.6 Å². The number of rotatable bonds is 2. The van der Waals surface area contributed by atoms with Crippen LogP contribution in [0.25, 0.3) is 0 Å². The molecule has 2 saturated heterocycles. The van der Waals surface area contributed by atoms with E-state index in [9.17, 15) is 10.2 Å². The standard InChI is InChI=1S/C33H45NO3/c1-30-11-5-7-25-20-33(37-30)26-17-22(19-31(21-26)12-2-3-13-31)16-24-9-10-27(36)18-23(24)6-4-8-28(33)32(34,14-15-35)29(25)30/h9-10,18,22,25-26,28-29,35-36H,2-3,5-7,11-17,19-21,34H2,1H3. The Morgan fingerprint density at radius 1 is 1.08 bits per heavy atom. The van der Waals surface area contributed by atoms with E-state index in [4.69, 9.17) is 10.5 Å². The fourth-order valence-corrected chi connectivity index (χ4v) is 11.2. The third kappa shape index (κ3) is 3.60. The van der Waals surface area contributed by atoms with Gasteiger partial charge in [-0.2, -0.15) is 0 Å². The second-order valence-corrected chi connectivity index (χ2v) is 14.3. The molecule has 4 nitrogen and oxygen atoms in total. The van der Waals surface area contributed by atoms with Crippen LogP contribution in [0.4, 0.5) is 0 Å². The predicted molar refractivity (Wildman–Crippen MR) is 145 cm³/mol. The molecule has 1 aromatic rings. The van der Waals surface area contributed by atoms with Crippen molar-refractivity contribution in [3.8, 4) is 17.6 Å². The van der Waals surface area contributed by atoms with Crippen molar-refractivity contribution in [2.45, 2.75) is 114 Å². The van der Waals surface area contributed by atoms with Crippen LogP contribution >= 0.6 is 0 Å². The van der Waals surface area contributed by atoms with E-state index in [1.807, 2.05) is 12.1 Å². The molecule has 0 radical (unpaired) electrons. The second-order valence-electron chi connectivity index (χ2n) is 14.3. The third-order valence-corrected chi connectivity index (χ3v) is 12.1. The molecule has 2 spiro atoms. The Balaban J connectivity index is 1.41.